The summed E-state index contributed by atoms with van der Waals surface area (Å²) in [5.41, 5.74) is 0. The lowest BCUT2D eigenvalue weighted by atomic mass is 9.94. The molecule has 0 aromatic rings. The fourth-order valence-corrected chi connectivity index (χ4v) is 2.96. The molecule has 0 radical (unpaired) electrons. The highest BCUT2D eigenvalue weighted by Gasteiger charge is 2.30. The lowest BCUT2D eigenvalue weighted by Gasteiger charge is -2.26. The van der Waals surface area contributed by atoms with Crippen molar-refractivity contribution in [3.8, 4) is 0 Å². The number of carboxylic acid groups (broad SMARTS) is 1. The molecule has 2 aliphatic carbocycles. The first-order chi connectivity index (χ1) is 7.25. The van der Waals surface area contributed by atoms with E-state index in [1.54, 1.807) is 0 Å². The lowest BCUT2D eigenvalue weighted by Crippen LogP contribution is -2.38. The summed E-state index contributed by atoms with van der Waals surface area (Å²) >= 11 is 0. The highest BCUT2D eigenvalue weighted by molar-refractivity contribution is 5.70. The van der Waals surface area contributed by atoms with Gasteiger partial charge in [-0.1, -0.05) is 19.3 Å². The Balaban J connectivity index is 1.74. The van der Waals surface area contributed by atoms with E-state index < -0.39 is 5.97 Å². The predicted octanol–water partition coefficient (Wildman–Crippen LogP) is 2.16. The van der Waals surface area contributed by atoms with Gasteiger partial charge in [-0.25, -0.2) is 0 Å². The van der Waals surface area contributed by atoms with Crippen molar-refractivity contribution in [1.29, 1.82) is 0 Å². The molecule has 2 atom stereocenters. The zero-order valence-corrected chi connectivity index (χ0v) is 9.24. The Hall–Kier alpha value is -0.570. The van der Waals surface area contributed by atoms with Crippen LogP contribution in [0, 0.1) is 5.92 Å². The molecule has 0 bridgehead atoms. The molecule has 0 aromatic heterocycles. The number of hydrogen-bond acceptors (Lipinski definition) is 2. The number of carboxylic acids is 1. The molecule has 86 valence electrons. The number of nitrogens with one attached hydrogen (secondary N) is 1. The Morgan fingerprint density at radius 2 is 1.73 bits per heavy atom. The van der Waals surface area contributed by atoms with E-state index in [1.807, 2.05) is 0 Å². The molecular formula is C12H21NO2. The summed E-state index contributed by atoms with van der Waals surface area (Å²) in [4.78, 5) is 10.8. The van der Waals surface area contributed by atoms with Crippen LogP contribution < -0.4 is 5.32 Å². The van der Waals surface area contributed by atoms with Crippen LogP contribution in [-0.4, -0.2) is 23.2 Å². The topological polar surface area (TPSA) is 49.3 Å². The minimum atomic E-state index is -0.608. The molecule has 2 aliphatic rings. The molecule has 2 unspecified atom stereocenters. The third-order valence-electron chi connectivity index (χ3n) is 3.86. The standard InChI is InChI=1S/C12H21NO2/c14-12(15)9-6-7-11(8-9)13-10-4-2-1-3-5-10/h9-11,13H,1-8H2,(H,14,15). The van der Waals surface area contributed by atoms with Crippen LogP contribution in [-0.2, 0) is 4.79 Å². The van der Waals surface area contributed by atoms with Crippen LogP contribution in [0.25, 0.3) is 0 Å². The molecule has 2 fully saturated rings. The number of rotatable bonds is 3. The minimum Gasteiger partial charge on any atom is -0.481 e. The van der Waals surface area contributed by atoms with Crippen LogP contribution >= 0.6 is 0 Å². The Morgan fingerprint density at radius 3 is 2.33 bits per heavy atom. The van der Waals surface area contributed by atoms with E-state index in [2.05, 4.69) is 5.32 Å². The zero-order valence-electron chi connectivity index (χ0n) is 9.24. The molecule has 0 spiro atoms. The van der Waals surface area contributed by atoms with Gasteiger partial charge in [0, 0.05) is 12.1 Å². The highest BCUT2D eigenvalue weighted by Crippen LogP contribution is 2.27. The van der Waals surface area contributed by atoms with Gasteiger partial charge < -0.3 is 10.4 Å². The fraction of sp³-hybridized carbons (Fsp3) is 0.917. The van der Waals surface area contributed by atoms with Crippen molar-refractivity contribution < 1.29 is 9.90 Å². The van der Waals surface area contributed by atoms with Crippen LogP contribution in [0.2, 0.25) is 0 Å². The molecule has 0 amide bonds. The second-order valence-corrected chi connectivity index (χ2v) is 5.05. The van der Waals surface area contributed by atoms with Gasteiger partial charge >= 0.3 is 5.97 Å². The monoisotopic (exact) mass is 211 g/mol. The van der Waals surface area contributed by atoms with E-state index >= 15 is 0 Å². The first-order valence-electron chi connectivity index (χ1n) is 6.24. The van der Waals surface area contributed by atoms with E-state index in [4.69, 9.17) is 5.11 Å². The van der Waals surface area contributed by atoms with Crippen molar-refractivity contribution in [3.63, 3.8) is 0 Å². The van der Waals surface area contributed by atoms with Gasteiger partial charge in [0.05, 0.1) is 5.92 Å². The summed E-state index contributed by atoms with van der Waals surface area (Å²) in [5.74, 6) is -0.700. The van der Waals surface area contributed by atoms with Gasteiger partial charge in [0.2, 0.25) is 0 Å². The maximum atomic E-state index is 10.8. The van der Waals surface area contributed by atoms with Crippen LogP contribution in [0.4, 0.5) is 0 Å². The predicted molar refractivity (Wildman–Crippen MR) is 58.8 cm³/mol. The SMILES string of the molecule is O=C(O)C1CCC(NC2CCCCC2)C1. The maximum Gasteiger partial charge on any atom is 0.306 e. The molecule has 0 aliphatic heterocycles. The number of aliphatic carboxylic acids is 1. The van der Waals surface area contributed by atoms with Crippen LogP contribution in [0.3, 0.4) is 0 Å². The summed E-state index contributed by atoms with van der Waals surface area (Å²) in [5, 5.41) is 12.5. The van der Waals surface area contributed by atoms with Crippen molar-refractivity contribution in [2.24, 2.45) is 5.92 Å². The Morgan fingerprint density at radius 1 is 1.00 bits per heavy atom. The lowest BCUT2D eigenvalue weighted by molar-refractivity contribution is -0.141. The van der Waals surface area contributed by atoms with Crippen LogP contribution in [0.1, 0.15) is 51.4 Å². The van der Waals surface area contributed by atoms with Crippen molar-refractivity contribution in [2.75, 3.05) is 0 Å². The summed E-state index contributed by atoms with van der Waals surface area (Å²) in [6, 6.07) is 1.13. The average molecular weight is 211 g/mol. The molecule has 3 nitrogen and oxygen atoms in total. The van der Waals surface area contributed by atoms with Gasteiger partial charge in [0.15, 0.2) is 0 Å². The van der Waals surface area contributed by atoms with Crippen LogP contribution in [0.15, 0.2) is 0 Å². The summed E-state index contributed by atoms with van der Waals surface area (Å²) in [7, 11) is 0. The van der Waals surface area contributed by atoms with E-state index in [-0.39, 0.29) is 5.92 Å². The van der Waals surface area contributed by atoms with Gasteiger partial charge in [-0.05, 0) is 32.1 Å². The van der Waals surface area contributed by atoms with Crippen molar-refractivity contribution in [1.82, 2.24) is 5.32 Å². The third kappa shape index (κ3) is 2.94. The van der Waals surface area contributed by atoms with E-state index in [0.29, 0.717) is 12.1 Å². The maximum absolute atomic E-state index is 10.8. The molecule has 0 heterocycles. The van der Waals surface area contributed by atoms with Gasteiger partial charge in [-0.3, -0.25) is 4.79 Å². The first kappa shape index (κ1) is 10.9. The Labute approximate surface area is 91.2 Å². The van der Waals surface area contributed by atoms with Crippen LogP contribution in [0.5, 0.6) is 0 Å². The third-order valence-corrected chi connectivity index (χ3v) is 3.86. The van der Waals surface area contributed by atoms with Gasteiger partial charge in [0.1, 0.15) is 0 Å². The molecule has 0 saturated heterocycles. The van der Waals surface area contributed by atoms with E-state index in [9.17, 15) is 4.79 Å². The summed E-state index contributed by atoms with van der Waals surface area (Å²) in [6.07, 6.45) is 9.38. The molecule has 2 saturated carbocycles. The molecular weight excluding hydrogens is 190 g/mol. The minimum absolute atomic E-state index is 0.0916. The van der Waals surface area contributed by atoms with Crippen molar-refractivity contribution >= 4 is 5.97 Å². The molecule has 3 heteroatoms. The Bertz CT molecular complexity index is 224. The quantitative estimate of drug-likeness (QED) is 0.752. The van der Waals surface area contributed by atoms with E-state index in [0.717, 1.165) is 19.3 Å². The van der Waals surface area contributed by atoms with E-state index in [1.165, 1.54) is 32.1 Å². The highest BCUT2D eigenvalue weighted by atomic mass is 16.4. The first-order valence-corrected chi connectivity index (χ1v) is 6.24. The molecule has 2 rings (SSSR count). The van der Waals surface area contributed by atoms with Gasteiger partial charge in [-0.2, -0.15) is 0 Å². The average Bonchev–Trinajstić information content (AvgIpc) is 2.68. The van der Waals surface area contributed by atoms with Crippen molar-refractivity contribution in [2.45, 2.75) is 63.5 Å². The second kappa shape index (κ2) is 4.97. The van der Waals surface area contributed by atoms with Crippen molar-refractivity contribution in [3.05, 3.63) is 0 Å². The fourth-order valence-electron chi connectivity index (χ4n) is 2.96. The van der Waals surface area contributed by atoms with Gasteiger partial charge in [0.25, 0.3) is 0 Å². The number of carbonyl (C=O) groups is 1. The summed E-state index contributed by atoms with van der Waals surface area (Å²) in [6.45, 7) is 0. The molecule has 15 heavy (non-hydrogen) atoms. The largest absolute Gasteiger partial charge is 0.481 e. The summed E-state index contributed by atoms with van der Waals surface area (Å²) < 4.78 is 0. The molecule has 0 aromatic carbocycles. The molecule has 2 N–H and O–H groups in total. The van der Waals surface area contributed by atoms with Gasteiger partial charge in [-0.15, -0.1) is 0 Å². The Kier molecular flexibility index (Phi) is 3.62. The number of hydrogen-bond donors (Lipinski definition) is 2. The smallest absolute Gasteiger partial charge is 0.306 e. The zero-order chi connectivity index (χ0) is 10.7. The normalized spacial score (nSPS) is 33.1. The second-order valence-electron chi connectivity index (χ2n) is 5.05.